The van der Waals surface area contributed by atoms with Crippen molar-refractivity contribution in [3.63, 3.8) is 0 Å². The van der Waals surface area contributed by atoms with E-state index >= 15 is 0 Å². The van der Waals surface area contributed by atoms with E-state index in [9.17, 15) is 4.79 Å². The lowest BCUT2D eigenvalue weighted by atomic mass is 10.00. The molecule has 1 aromatic heterocycles. The minimum atomic E-state index is -0.168. The van der Waals surface area contributed by atoms with Gasteiger partial charge < -0.3 is 9.72 Å². The third-order valence-electron chi connectivity index (χ3n) is 3.45. The summed E-state index contributed by atoms with van der Waals surface area (Å²) in [5.41, 5.74) is 3.37. The summed E-state index contributed by atoms with van der Waals surface area (Å²) in [6.45, 7) is 1.98. The average Bonchev–Trinajstić information content (AvgIpc) is 2.47. The Kier molecular flexibility index (Phi) is 3.43. The van der Waals surface area contributed by atoms with Crippen molar-refractivity contribution in [2.75, 3.05) is 7.11 Å². The van der Waals surface area contributed by atoms with Crippen molar-refractivity contribution in [3.05, 3.63) is 63.4 Å². The van der Waals surface area contributed by atoms with Crippen LogP contribution in [0.4, 0.5) is 0 Å². The molecule has 3 aromatic rings. The normalized spacial score (nSPS) is 10.8. The van der Waals surface area contributed by atoms with E-state index in [0.717, 1.165) is 27.8 Å². The van der Waals surface area contributed by atoms with Crippen LogP contribution in [-0.2, 0) is 0 Å². The second kappa shape index (κ2) is 5.26. The molecule has 3 rings (SSSR count). The minimum absolute atomic E-state index is 0.168. The summed E-state index contributed by atoms with van der Waals surface area (Å²) in [7, 11) is 1.63. The first-order valence-corrected chi connectivity index (χ1v) is 6.94. The zero-order chi connectivity index (χ0) is 15.0. The van der Waals surface area contributed by atoms with Gasteiger partial charge in [-0.25, -0.2) is 0 Å². The molecule has 0 unspecified atom stereocenters. The number of aromatic amines is 1. The molecule has 0 spiro atoms. The number of H-pyrrole nitrogens is 1. The zero-order valence-corrected chi connectivity index (χ0v) is 12.5. The van der Waals surface area contributed by atoms with Gasteiger partial charge in [-0.1, -0.05) is 23.7 Å². The number of hydrogen-bond acceptors (Lipinski definition) is 2. The molecule has 1 N–H and O–H groups in total. The Labute approximate surface area is 127 Å². The fourth-order valence-electron chi connectivity index (χ4n) is 2.46. The van der Waals surface area contributed by atoms with Crippen LogP contribution in [0.1, 0.15) is 5.56 Å². The summed E-state index contributed by atoms with van der Waals surface area (Å²) >= 11 is 6.25. The Morgan fingerprint density at radius 3 is 2.48 bits per heavy atom. The Morgan fingerprint density at radius 1 is 1.10 bits per heavy atom. The molecule has 0 aliphatic heterocycles. The van der Waals surface area contributed by atoms with Gasteiger partial charge in [0.05, 0.1) is 17.6 Å². The Bertz CT molecular complexity index is 866. The van der Waals surface area contributed by atoms with Crippen LogP contribution >= 0.6 is 11.6 Å². The summed E-state index contributed by atoms with van der Waals surface area (Å²) in [6, 6.07) is 13.1. The molecule has 0 bridgehead atoms. The smallest absolute Gasteiger partial charge is 0.249 e. The number of rotatable bonds is 2. The highest BCUT2D eigenvalue weighted by Gasteiger charge is 2.09. The lowest BCUT2D eigenvalue weighted by Crippen LogP contribution is -2.05. The summed E-state index contributed by atoms with van der Waals surface area (Å²) in [4.78, 5) is 14.7. The first-order valence-electron chi connectivity index (χ1n) is 6.56. The van der Waals surface area contributed by atoms with Crippen LogP contribution in [0.3, 0.4) is 0 Å². The first-order chi connectivity index (χ1) is 10.1. The monoisotopic (exact) mass is 299 g/mol. The molecule has 0 saturated carbocycles. The van der Waals surface area contributed by atoms with Gasteiger partial charge >= 0.3 is 0 Å². The molecule has 0 aliphatic rings. The van der Waals surface area contributed by atoms with Crippen molar-refractivity contribution in [1.29, 1.82) is 0 Å². The Morgan fingerprint density at radius 2 is 1.81 bits per heavy atom. The van der Waals surface area contributed by atoms with Gasteiger partial charge in [0.25, 0.3) is 0 Å². The molecular weight excluding hydrogens is 286 g/mol. The maximum Gasteiger partial charge on any atom is 0.249 e. The summed E-state index contributed by atoms with van der Waals surface area (Å²) in [5, 5.41) is 1.49. The van der Waals surface area contributed by atoms with Crippen LogP contribution < -0.4 is 10.3 Å². The number of halogens is 1. The van der Waals surface area contributed by atoms with E-state index in [-0.39, 0.29) is 5.56 Å². The standard InChI is InChI=1S/C17H14ClNO2/c1-10-7-14-13(11-3-5-12(21-2)6-4-11)9-16(20)19-17(14)15(18)8-10/h3-9H,1-2H3,(H,19,20). The van der Waals surface area contributed by atoms with Crippen molar-refractivity contribution in [3.8, 4) is 16.9 Å². The highest BCUT2D eigenvalue weighted by atomic mass is 35.5. The number of ether oxygens (including phenoxy) is 1. The van der Waals surface area contributed by atoms with Gasteiger partial charge in [-0.2, -0.15) is 0 Å². The third-order valence-corrected chi connectivity index (χ3v) is 3.75. The number of methoxy groups -OCH3 is 1. The number of aromatic nitrogens is 1. The van der Waals surface area contributed by atoms with E-state index < -0.39 is 0 Å². The molecule has 2 aromatic carbocycles. The maximum atomic E-state index is 11.9. The minimum Gasteiger partial charge on any atom is -0.497 e. The third kappa shape index (κ3) is 2.52. The van der Waals surface area contributed by atoms with E-state index in [0.29, 0.717) is 10.5 Å². The van der Waals surface area contributed by atoms with Crippen molar-refractivity contribution in [1.82, 2.24) is 4.98 Å². The van der Waals surface area contributed by atoms with Gasteiger partial charge in [0.1, 0.15) is 5.75 Å². The molecule has 21 heavy (non-hydrogen) atoms. The predicted octanol–water partition coefficient (Wildman–Crippen LogP) is 4.17. The van der Waals surface area contributed by atoms with Crippen LogP contribution in [0.15, 0.2) is 47.3 Å². The van der Waals surface area contributed by atoms with E-state index in [1.54, 1.807) is 13.2 Å². The predicted molar refractivity (Wildman–Crippen MR) is 86.3 cm³/mol. The zero-order valence-electron chi connectivity index (χ0n) is 11.7. The fourth-order valence-corrected chi connectivity index (χ4v) is 2.78. The van der Waals surface area contributed by atoms with E-state index in [4.69, 9.17) is 16.3 Å². The molecule has 0 saturated heterocycles. The highest BCUT2D eigenvalue weighted by molar-refractivity contribution is 6.35. The lowest BCUT2D eigenvalue weighted by Gasteiger charge is -2.09. The lowest BCUT2D eigenvalue weighted by molar-refractivity contribution is 0.415. The SMILES string of the molecule is COc1ccc(-c2cc(=O)[nH]c3c(Cl)cc(C)cc23)cc1. The second-order valence-electron chi connectivity index (χ2n) is 4.95. The van der Waals surface area contributed by atoms with Gasteiger partial charge in [-0.3, -0.25) is 4.79 Å². The molecule has 106 valence electrons. The van der Waals surface area contributed by atoms with Gasteiger partial charge in [0.15, 0.2) is 0 Å². The van der Waals surface area contributed by atoms with Crippen molar-refractivity contribution in [2.24, 2.45) is 0 Å². The van der Waals surface area contributed by atoms with Crippen molar-refractivity contribution >= 4 is 22.5 Å². The molecule has 0 atom stereocenters. The van der Waals surface area contributed by atoms with Gasteiger partial charge in [0, 0.05) is 11.5 Å². The van der Waals surface area contributed by atoms with Crippen LogP contribution in [0, 0.1) is 6.92 Å². The molecule has 0 amide bonds. The largest absolute Gasteiger partial charge is 0.497 e. The average molecular weight is 300 g/mol. The van der Waals surface area contributed by atoms with Gasteiger partial charge in [-0.05, 0) is 47.9 Å². The number of hydrogen-bond donors (Lipinski definition) is 1. The quantitative estimate of drug-likeness (QED) is 0.772. The van der Waals surface area contributed by atoms with Crippen molar-refractivity contribution in [2.45, 2.75) is 6.92 Å². The van der Waals surface area contributed by atoms with Gasteiger partial charge in [0.2, 0.25) is 5.56 Å². The second-order valence-corrected chi connectivity index (χ2v) is 5.35. The van der Waals surface area contributed by atoms with E-state index in [1.807, 2.05) is 43.3 Å². The number of benzene rings is 2. The number of pyridine rings is 1. The summed E-state index contributed by atoms with van der Waals surface area (Å²) in [5.74, 6) is 0.780. The fraction of sp³-hybridized carbons (Fsp3) is 0.118. The van der Waals surface area contributed by atoms with Crippen LogP contribution in [0.2, 0.25) is 5.02 Å². The summed E-state index contributed by atoms with van der Waals surface area (Å²) in [6.07, 6.45) is 0. The highest BCUT2D eigenvalue weighted by Crippen LogP contribution is 2.31. The molecular formula is C17H14ClNO2. The maximum absolute atomic E-state index is 11.9. The molecule has 0 aliphatic carbocycles. The van der Waals surface area contributed by atoms with E-state index in [2.05, 4.69) is 4.98 Å². The topological polar surface area (TPSA) is 42.1 Å². The molecule has 4 heteroatoms. The van der Waals surface area contributed by atoms with Crippen LogP contribution in [-0.4, -0.2) is 12.1 Å². The summed E-state index contributed by atoms with van der Waals surface area (Å²) < 4.78 is 5.17. The number of fused-ring (bicyclic) bond motifs is 1. The number of aryl methyl sites for hydroxylation is 1. The van der Waals surface area contributed by atoms with Crippen LogP contribution in [0.5, 0.6) is 5.75 Å². The molecule has 3 nitrogen and oxygen atoms in total. The molecule has 0 fully saturated rings. The number of nitrogens with one attached hydrogen (secondary N) is 1. The van der Waals surface area contributed by atoms with E-state index in [1.165, 1.54) is 0 Å². The van der Waals surface area contributed by atoms with Gasteiger partial charge in [-0.15, -0.1) is 0 Å². The molecule has 0 radical (unpaired) electrons. The Balaban J connectivity index is 2.32. The Hall–Kier alpha value is -2.26. The van der Waals surface area contributed by atoms with Crippen molar-refractivity contribution < 1.29 is 4.74 Å². The molecule has 1 heterocycles. The van der Waals surface area contributed by atoms with Crippen LogP contribution in [0.25, 0.3) is 22.0 Å². The first kappa shape index (κ1) is 13.7.